The Morgan fingerprint density at radius 1 is 1.17 bits per heavy atom. The van der Waals surface area contributed by atoms with Crippen molar-refractivity contribution in [2.75, 3.05) is 5.75 Å². The van der Waals surface area contributed by atoms with Crippen LogP contribution in [0, 0.1) is 0 Å². The van der Waals surface area contributed by atoms with E-state index in [-0.39, 0.29) is 10.6 Å². The van der Waals surface area contributed by atoms with Crippen molar-refractivity contribution < 1.29 is 12.8 Å². The Morgan fingerprint density at radius 2 is 1.96 bits per heavy atom. The number of hydrogen-bond acceptors (Lipinski definition) is 4. The molecule has 124 valence electrons. The second-order valence-electron chi connectivity index (χ2n) is 5.06. The van der Waals surface area contributed by atoms with Crippen LogP contribution >= 0.6 is 23.2 Å². The van der Waals surface area contributed by atoms with Crippen LogP contribution in [0.25, 0.3) is 23.3 Å². The lowest BCUT2D eigenvalue weighted by molar-refractivity contribution is 0.589. The molecule has 0 unspecified atom stereocenters. The number of halogens is 2. The normalized spacial score (nSPS) is 12.3. The number of benzene rings is 2. The summed E-state index contributed by atoms with van der Waals surface area (Å²) in [5.41, 5.74) is 1.74. The highest BCUT2D eigenvalue weighted by molar-refractivity contribution is 7.91. The van der Waals surface area contributed by atoms with Gasteiger partial charge in [0.05, 0.1) is 20.7 Å². The molecule has 0 saturated carbocycles. The van der Waals surface area contributed by atoms with Gasteiger partial charge in [0.15, 0.2) is 15.4 Å². The highest BCUT2D eigenvalue weighted by Gasteiger charge is 2.14. The third-order valence-corrected chi connectivity index (χ3v) is 6.07. The van der Waals surface area contributed by atoms with Crippen molar-refractivity contribution in [2.24, 2.45) is 0 Å². The van der Waals surface area contributed by atoms with Crippen molar-refractivity contribution in [3.63, 3.8) is 0 Å². The Kier molecular flexibility index (Phi) is 4.67. The van der Waals surface area contributed by atoms with E-state index < -0.39 is 9.84 Å². The minimum atomic E-state index is -3.28. The van der Waals surface area contributed by atoms with Crippen molar-refractivity contribution in [1.82, 2.24) is 4.98 Å². The Hall–Kier alpha value is -1.82. The van der Waals surface area contributed by atoms with Gasteiger partial charge in [-0.3, -0.25) is 0 Å². The molecule has 0 amide bonds. The van der Waals surface area contributed by atoms with E-state index in [9.17, 15) is 8.42 Å². The zero-order valence-corrected chi connectivity index (χ0v) is 15.0. The van der Waals surface area contributed by atoms with Crippen LogP contribution in [0.4, 0.5) is 0 Å². The minimum Gasteiger partial charge on any atom is -0.437 e. The van der Waals surface area contributed by atoms with E-state index in [1.165, 1.54) is 12.1 Å². The molecule has 0 fully saturated rings. The molecule has 0 atom stereocenters. The van der Waals surface area contributed by atoms with Gasteiger partial charge in [-0.15, -0.1) is 0 Å². The summed E-state index contributed by atoms with van der Waals surface area (Å²) >= 11 is 12.1. The van der Waals surface area contributed by atoms with Gasteiger partial charge in [0.2, 0.25) is 5.89 Å². The molecular formula is C17H13Cl2NO3S. The predicted molar refractivity (Wildman–Crippen MR) is 97.1 cm³/mol. The monoisotopic (exact) mass is 381 g/mol. The number of fused-ring (bicyclic) bond motifs is 1. The SMILES string of the molecule is CCS(=O)(=O)c1ccc2oc(/C=C/c3cccc(Cl)c3Cl)nc2c1. The first kappa shape index (κ1) is 17.0. The molecule has 7 heteroatoms. The molecule has 1 heterocycles. The molecule has 0 aliphatic carbocycles. The molecule has 0 aliphatic heterocycles. The Balaban J connectivity index is 1.97. The number of hydrogen-bond donors (Lipinski definition) is 0. The first-order valence-electron chi connectivity index (χ1n) is 7.16. The largest absolute Gasteiger partial charge is 0.437 e. The molecule has 0 spiro atoms. The number of sulfone groups is 1. The zero-order valence-electron chi connectivity index (χ0n) is 12.7. The van der Waals surface area contributed by atoms with E-state index in [1.807, 2.05) is 6.07 Å². The average Bonchev–Trinajstić information content (AvgIpc) is 2.98. The van der Waals surface area contributed by atoms with Crippen molar-refractivity contribution in [2.45, 2.75) is 11.8 Å². The first-order chi connectivity index (χ1) is 11.4. The van der Waals surface area contributed by atoms with E-state index in [0.717, 1.165) is 5.56 Å². The van der Waals surface area contributed by atoms with Gasteiger partial charge >= 0.3 is 0 Å². The molecule has 0 aliphatic rings. The lowest BCUT2D eigenvalue weighted by Gasteiger charge is -1.99. The predicted octanol–water partition coefficient (Wildman–Crippen LogP) is 5.10. The molecule has 0 saturated heterocycles. The third-order valence-electron chi connectivity index (χ3n) is 3.50. The lowest BCUT2D eigenvalue weighted by atomic mass is 10.2. The van der Waals surface area contributed by atoms with Crippen LogP contribution in [-0.4, -0.2) is 19.2 Å². The summed E-state index contributed by atoms with van der Waals surface area (Å²) in [6.45, 7) is 1.60. The summed E-state index contributed by atoms with van der Waals surface area (Å²) in [5.74, 6) is 0.392. The van der Waals surface area contributed by atoms with Gasteiger partial charge < -0.3 is 4.42 Å². The summed E-state index contributed by atoms with van der Waals surface area (Å²) in [4.78, 5) is 4.53. The molecular weight excluding hydrogens is 369 g/mol. The van der Waals surface area contributed by atoms with Crippen molar-refractivity contribution in [1.29, 1.82) is 0 Å². The molecule has 0 radical (unpaired) electrons. The maximum absolute atomic E-state index is 11.9. The molecule has 24 heavy (non-hydrogen) atoms. The summed E-state index contributed by atoms with van der Waals surface area (Å²) in [6, 6.07) is 9.96. The van der Waals surface area contributed by atoms with Gasteiger partial charge in [-0.05, 0) is 35.9 Å². The number of rotatable bonds is 4. The maximum Gasteiger partial charge on any atom is 0.220 e. The molecule has 1 aromatic heterocycles. The fraction of sp³-hybridized carbons (Fsp3) is 0.118. The maximum atomic E-state index is 11.9. The van der Waals surface area contributed by atoms with Gasteiger partial charge in [0, 0.05) is 6.08 Å². The van der Waals surface area contributed by atoms with Crippen molar-refractivity contribution in [3.8, 4) is 0 Å². The Morgan fingerprint density at radius 3 is 2.71 bits per heavy atom. The van der Waals surface area contributed by atoms with Crippen LogP contribution in [0.15, 0.2) is 45.7 Å². The van der Waals surface area contributed by atoms with Crippen LogP contribution in [0.2, 0.25) is 10.0 Å². The fourth-order valence-corrected chi connectivity index (χ4v) is 3.44. The highest BCUT2D eigenvalue weighted by Crippen LogP contribution is 2.27. The molecule has 2 aromatic carbocycles. The van der Waals surface area contributed by atoms with Gasteiger partial charge in [-0.25, -0.2) is 13.4 Å². The average molecular weight is 382 g/mol. The topological polar surface area (TPSA) is 60.2 Å². The number of nitrogens with zero attached hydrogens (tertiary/aromatic N) is 1. The van der Waals surface area contributed by atoms with E-state index in [1.54, 1.807) is 37.3 Å². The van der Waals surface area contributed by atoms with Gasteiger partial charge in [-0.1, -0.05) is 42.3 Å². The van der Waals surface area contributed by atoms with Crippen LogP contribution < -0.4 is 0 Å². The summed E-state index contributed by atoms with van der Waals surface area (Å²) in [7, 11) is -3.28. The zero-order chi connectivity index (χ0) is 17.3. The smallest absolute Gasteiger partial charge is 0.220 e. The standard InChI is InChI=1S/C17H13Cl2NO3S/c1-2-24(21,22)12-7-8-15-14(10-12)20-16(23-15)9-6-11-4-3-5-13(18)17(11)19/h3-10H,2H2,1H3/b9-6+. The number of aromatic nitrogens is 1. The lowest BCUT2D eigenvalue weighted by Crippen LogP contribution is -2.03. The van der Waals surface area contributed by atoms with Gasteiger partial charge in [0.1, 0.15) is 5.52 Å². The summed E-state index contributed by atoms with van der Waals surface area (Å²) in [6.07, 6.45) is 3.40. The second kappa shape index (κ2) is 6.59. The van der Waals surface area contributed by atoms with Crippen molar-refractivity contribution in [3.05, 3.63) is 57.9 Å². The second-order valence-corrected chi connectivity index (χ2v) is 8.12. The van der Waals surface area contributed by atoms with E-state index in [4.69, 9.17) is 27.6 Å². The quantitative estimate of drug-likeness (QED) is 0.630. The van der Waals surface area contributed by atoms with Crippen LogP contribution in [-0.2, 0) is 9.84 Å². The highest BCUT2D eigenvalue weighted by atomic mass is 35.5. The van der Waals surface area contributed by atoms with Crippen LogP contribution in [0.3, 0.4) is 0 Å². The van der Waals surface area contributed by atoms with E-state index >= 15 is 0 Å². The summed E-state index contributed by atoms with van der Waals surface area (Å²) < 4.78 is 29.5. The molecule has 3 rings (SSSR count). The fourth-order valence-electron chi connectivity index (χ4n) is 2.17. The van der Waals surface area contributed by atoms with Crippen LogP contribution in [0.1, 0.15) is 18.4 Å². The molecule has 0 N–H and O–H groups in total. The van der Waals surface area contributed by atoms with E-state index in [0.29, 0.717) is 27.0 Å². The van der Waals surface area contributed by atoms with E-state index in [2.05, 4.69) is 4.98 Å². The third kappa shape index (κ3) is 3.34. The minimum absolute atomic E-state index is 0.0381. The molecule has 0 bridgehead atoms. The molecule has 3 aromatic rings. The summed E-state index contributed by atoms with van der Waals surface area (Å²) in [5, 5.41) is 0.911. The first-order valence-corrected chi connectivity index (χ1v) is 9.57. The van der Waals surface area contributed by atoms with Gasteiger partial charge in [0.25, 0.3) is 0 Å². The Bertz CT molecular complexity index is 1040. The number of oxazole rings is 1. The van der Waals surface area contributed by atoms with Gasteiger partial charge in [-0.2, -0.15) is 0 Å². The van der Waals surface area contributed by atoms with Crippen molar-refractivity contribution >= 4 is 56.3 Å². The Labute approximate surface area is 149 Å². The molecule has 4 nitrogen and oxygen atoms in total. The van der Waals surface area contributed by atoms with Crippen LogP contribution in [0.5, 0.6) is 0 Å².